The van der Waals surface area contributed by atoms with Gasteiger partial charge in [-0.15, -0.1) is 0 Å². The van der Waals surface area contributed by atoms with Crippen molar-refractivity contribution in [1.29, 1.82) is 0 Å². The quantitative estimate of drug-likeness (QED) is 0.0261. The minimum Gasteiger partial charge on any atom is -0.462 e. The predicted molar refractivity (Wildman–Crippen MR) is 339 cm³/mol. The fraction of sp³-hybridized carbons (Fsp3) is 0.792. The van der Waals surface area contributed by atoms with Crippen molar-refractivity contribution < 1.29 is 28.6 Å². The van der Waals surface area contributed by atoms with Crippen molar-refractivity contribution >= 4 is 17.9 Å². The Labute approximate surface area is 484 Å². The summed E-state index contributed by atoms with van der Waals surface area (Å²) in [5.74, 6) is -0.876. The van der Waals surface area contributed by atoms with Gasteiger partial charge in [0.2, 0.25) is 0 Å². The SMILES string of the molecule is CC/C=C\C/C=C\C/C=C\C/C=C\CCCCCCCCCCCCCCCCCCCCC(=O)OCC(COC(=O)CCCCCCC/C=C\CCCCCCC)OC(=O)CCCCCCC/C=C\CCCCCCCC. The first kappa shape index (κ1) is 74.8. The summed E-state index contributed by atoms with van der Waals surface area (Å²) in [5.41, 5.74) is 0. The van der Waals surface area contributed by atoms with Crippen LogP contribution in [-0.4, -0.2) is 37.2 Å². The van der Waals surface area contributed by atoms with Gasteiger partial charge in [-0.1, -0.05) is 293 Å². The first-order valence-corrected chi connectivity index (χ1v) is 33.9. The molecule has 0 amide bonds. The van der Waals surface area contributed by atoms with Gasteiger partial charge in [0.1, 0.15) is 13.2 Å². The average molecular weight is 1090 g/mol. The van der Waals surface area contributed by atoms with E-state index in [9.17, 15) is 14.4 Å². The van der Waals surface area contributed by atoms with Crippen LogP contribution in [0.5, 0.6) is 0 Å². The van der Waals surface area contributed by atoms with E-state index in [0.29, 0.717) is 19.3 Å². The molecule has 6 heteroatoms. The van der Waals surface area contributed by atoms with E-state index in [0.717, 1.165) is 103 Å². The molecular formula is C72H128O6. The van der Waals surface area contributed by atoms with Crippen LogP contribution in [0.25, 0.3) is 0 Å². The Morgan fingerprint density at radius 2 is 0.500 bits per heavy atom. The van der Waals surface area contributed by atoms with E-state index >= 15 is 0 Å². The zero-order valence-electron chi connectivity index (χ0n) is 51.9. The Kier molecular flexibility index (Phi) is 63.7. The summed E-state index contributed by atoms with van der Waals surface area (Å²) in [6, 6.07) is 0. The summed E-state index contributed by atoms with van der Waals surface area (Å²) in [7, 11) is 0. The Morgan fingerprint density at radius 3 is 0.795 bits per heavy atom. The van der Waals surface area contributed by atoms with E-state index in [2.05, 4.69) is 93.7 Å². The van der Waals surface area contributed by atoms with Gasteiger partial charge < -0.3 is 14.2 Å². The van der Waals surface area contributed by atoms with Crippen LogP contribution in [0, 0.1) is 0 Å². The number of hydrogen-bond acceptors (Lipinski definition) is 6. The first-order chi connectivity index (χ1) is 38.5. The zero-order chi connectivity index (χ0) is 56.4. The number of allylic oxidation sites excluding steroid dienone is 12. The average Bonchev–Trinajstić information content (AvgIpc) is 3.44. The largest absolute Gasteiger partial charge is 0.462 e. The highest BCUT2D eigenvalue weighted by Gasteiger charge is 2.19. The molecule has 0 bridgehead atoms. The van der Waals surface area contributed by atoms with Crippen molar-refractivity contribution in [2.75, 3.05) is 13.2 Å². The van der Waals surface area contributed by atoms with Crippen LogP contribution in [0.2, 0.25) is 0 Å². The van der Waals surface area contributed by atoms with Crippen molar-refractivity contribution in [3.63, 3.8) is 0 Å². The monoisotopic (exact) mass is 1090 g/mol. The van der Waals surface area contributed by atoms with Gasteiger partial charge in [-0.05, 0) is 109 Å². The number of esters is 3. The predicted octanol–water partition coefficient (Wildman–Crippen LogP) is 23.3. The Hall–Kier alpha value is -3.15. The standard InChI is InChI=1S/C72H128O6/c1-4-7-10-13-16-19-22-25-28-29-30-31-32-33-34-35-36-37-38-39-40-41-42-43-45-47-50-53-56-59-62-65-71(74)77-68-69(67-76-70(73)64-61-58-55-52-49-46-27-24-21-18-15-12-9-6-3)78-72(75)66-63-60-57-54-51-48-44-26-23-20-17-14-11-8-5-2/h7,10,16,19,24-28,30-31,44,69H,4-6,8-9,11-15,17-18,20-23,29,32-43,45-68H2,1-3H3/b10-7-,19-16-,27-24-,28-25-,31-30-,44-26-. The summed E-state index contributed by atoms with van der Waals surface area (Å²) in [4.78, 5) is 38.3. The molecule has 0 saturated carbocycles. The molecule has 1 unspecified atom stereocenters. The maximum absolute atomic E-state index is 12.9. The second-order valence-electron chi connectivity index (χ2n) is 22.7. The molecule has 0 N–H and O–H groups in total. The smallest absolute Gasteiger partial charge is 0.306 e. The Morgan fingerprint density at radius 1 is 0.269 bits per heavy atom. The molecule has 0 aliphatic rings. The van der Waals surface area contributed by atoms with Crippen molar-refractivity contribution in [2.45, 2.75) is 354 Å². The van der Waals surface area contributed by atoms with Crippen LogP contribution in [0.1, 0.15) is 348 Å². The molecule has 0 spiro atoms. The maximum Gasteiger partial charge on any atom is 0.306 e. The molecular weight excluding hydrogens is 961 g/mol. The number of carbonyl (C=O) groups excluding carboxylic acids is 3. The van der Waals surface area contributed by atoms with E-state index < -0.39 is 6.10 Å². The van der Waals surface area contributed by atoms with Gasteiger partial charge in [-0.3, -0.25) is 14.4 Å². The van der Waals surface area contributed by atoms with Gasteiger partial charge >= 0.3 is 17.9 Å². The molecule has 0 fully saturated rings. The lowest BCUT2D eigenvalue weighted by Crippen LogP contribution is -2.30. The number of hydrogen-bond donors (Lipinski definition) is 0. The van der Waals surface area contributed by atoms with Crippen molar-refractivity contribution in [1.82, 2.24) is 0 Å². The molecule has 0 aromatic rings. The molecule has 0 radical (unpaired) electrons. The molecule has 0 rings (SSSR count). The second kappa shape index (κ2) is 66.4. The number of ether oxygens (including phenoxy) is 3. The van der Waals surface area contributed by atoms with Gasteiger partial charge in [0.25, 0.3) is 0 Å². The Balaban J connectivity index is 4.18. The van der Waals surface area contributed by atoms with Crippen LogP contribution >= 0.6 is 0 Å². The lowest BCUT2D eigenvalue weighted by molar-refractivity contribution is -0.167. The van der Waals surface area contributed by atoms with E-state index in [1.165, 1.54) is 205 Å². The molecule has 0 aliphatic heterocycles. The molecule has 0 aliphatic carbocycles. The third-order valence-electron chi connectivity index (χ3n) is 14.9. The summed E-state index contributed by atoms with van der Waals surface area (Å²) < 4.78 is 16.9. The molecule has 0 aromatic carbocycles. The molecule has 6 nitrogen and oxygen atoms in total. The molecule has 78 heavy (non-hydrogen) atoms. The highest BCUT2D eigenvalue weighted by molar-refractivity contribution is 5.71. The molecule has 1 atom stereocenters. The van der Waals surface area contributed by atoms with Gasteiger partial charge in [0.15, 0.2) is 6.10 Å². The fourth-order valence-electron chi connectivity index (χ4n) is 9.84. The summed E-state index contributed by atoms with van der Waals surface area (Å²) in [6.45, 7) is 6.54. The summed E-state index contributed by atoms with van der Waals surface area (Å²) in [6.07, 6.45) is 86.4. The van der Waals surface area contributed by atoms with E-state index in [-0.39, 0.29) is 31.1 Å². The third-order valence-corrected chi connectivity index (χ3v) is 14.9. The van der Waals surface area contributed by atoms with Crippen molar-refractivity contribution in [2.24, 2.45) is 0 Å². The van der Waals surface area contributed by atoms with Crippen LogP contribution < -0.4 is 0 Å². The maximum atomic E-state index is 12.9. The number of rotatable bonds is 62. The lowest BCUT2D eigenvalue weighted by atomic mass is 10.0. The minimum absolute atomic E-state index is 0.0772. The minimum atomic E-state index is -0.781. The first-order valence-electron chi connectivity index (χ1n) is 33.9. The molecule has 0 saturated heterocycles. The summed E-state index contributed by atoms with van der Waals surface area (Å²) >= 11 is 0. The molecule has 0 heterocycles. The van der Waals surface area contributed by atoms with Crippen LogP contribution in [0.3, 0.4) is 0 Å². The number of unbranched alkanes of at least 4 members (excludes halogenated alkanes) is 39. The van der Waals surface area contributed by atoms with Gasteiger partial charge in [0.05, 0.1) is 0 Å². The fourth-order valence-corrected chi connectivity index (χ4v) is 9.84. The zero-order valence-corrected chi connectivity index (χ0v) is 51.9. The van der Waals surface area contributed by atoms with E-state index in [4.69, 9.17) is 14.2 Å². The molecule has 0 aromatic heterocycles. The van der Waals surface area contributed by atoms with E-state index in [1.807, 2.05) is 0 Å². The lowest BCUT2D eigenvalue weighted by Gasteiger charge is -2.18. The van der Waals surface area contributed by atoms with Crippen LogP contribution in [-0.2, 0) is 28.6 Å². The van der Waals surface area contributed by atoms with Crippen molar-refractivity contribution in [3.05, 3.63) is 72.9 Å². The second-order valence-corrected chi connectivity index (χ2v) is 22.7. The normalized spacial score (nSPS) is 12.5. The topological polar surface area (TPSA) is 78.9 Å². The third kappa shape index (κ3) is 63.7. The van der Waals surface area contributed by atoms with E-state index in [1.54, 1.807) is 0 Å². The molecule has 452 valence electrons. The van der Waals surface area contributed by atoms with Gasteiger partial charge in [-0.25, -0.2) is 0 Å². The van der Waals surface area contributed by atoms with Crippen LogP contribution in [0.4, 0.5) is 0 Å². The summed E-state index contributed by atoms with van der Waals surface area (Å²) in [5, 5.41) is 0. The van der Waals surface area contributed by atoms with Crippen LogP contribution in [0.15, 0.2) is 72.9 Å². The van der Waals surface area contributed by atoms with Crippen molar-refractivity contribution in [3.8, 4) is 0 Å². The Bertz CT molecular complexity index is 1440. The van der Waals surface area contributed by atoms with Gasteiger partial charge in [-0.2, -0.15) is 0 Å². The highest BCUT2D eigenvalue weighted by atomic mass is 16.6. The van der Waals surface area contributed by atoms with Gasteiger partial charge in [0, 0.05) is 19.3 Å². The number of carbonyl (C=O) groups is 3. The highest BCUT2D eigenvalue weighted by Crippen LogP contribution is 2.17.